The summed E-state index contributed by atoms with van der Waals surface area (Å²) in [6.07, 6.45) is -0.0587. The molecule has 1 saturated heterocycles. The third kappa shape index (κ3) is 2.93. The van der Waals surface area contributed by atoms with Crippen LogP contribution in [0.25, 0.3) is 0 Å². The predicted molar refractivity (Wildman–Crippen MR) is 72.4 cm³/mol. The highest BCUT2D eigenvalue weighted by Gasteiger charge is 2.22. The predicted octanol–water partition coefficient (Wildman–Crippen LogP) is 1.17. The van der Waals surface area contributed by atoms with E-state index in [0.29, 0.717) is 6.61 Å². The SMILES string of the molecule is CCn1nc(C)c(Br)c1CN1CCOC(CO)C1. The molecule has 6 heteroatoms. The van der Waals surface area contributed by atoms with Gasteiger partial charge in [-0.05, 0) is 29.8 Å². The quantitative estimate of drug-likeness (QED) is 0.905. The number of aliphatic hydroxyl groups is 1. The average molecular weight is 318 g/mol. The molecule has 2 rings (SSSR count). The minimum absolute atomic E-state index is 0.0587. The van der Waals surface area contributed by atoms with E-state index in [2.05, 4.69) is 32.9 Å². The van der Waals surface area contributed by atoms with E-state index in [4.69, 9.17) is 9.84 Å². The second-order valence-corrected chi connectivity index (χ2v) is 5.37. The monoisotopic (exact) mass is 317 g/mol. The lowest BCUT2D eigenvalue weighted by molar-refractivity contribution is -0.0557. The molecule has 1 fully saturated rings. The molecule has 0 spiro atoms. The smallest absolute Gasteiger partial charge is 0.0933 e. The molecule has 1 aromatic rings. The number of hydrogen-bond donors (Lipinski definition) is 1. The topological polar surface area (TPSA) is 50.5 Å². The van der Waals surface area contributed by atoms with Crippen molar-refractivity contribution in [2.75, 3.05) is 26.3 Å². The summed E-state index contributed by atoms with van der Waals surface area (Å²) in [5, 5.41) is 13.7. The third-order valence-electron chi connectivity index (χ3n) is 3.25. The number of nitrogens with zero attached hydrogens (tertiary/aromatic N) is 3. The largest absolute Gasteiger partial charge is 0.394 e. The first-order chi connectivity index (χ1) is 8.65. The van der Waals surface area contributed by atoms with Crippen molar-refractivity contribution < 1.29 is 9.84 Å². The summed E-state index contributed by atoms with van der Waals surface area (Å²) in [5.41, 5.74) is 2.23. The van der Waals surface area contributed by atoms with E-state index in [1.165, 1.54) is 5.69 Å². The Bertz CT molecular complexity index is 408. The summed E-state index contributed by atoms with van der Waals surface area (Å²) in [5.74, 6) is 0. The van der Waals surface area contributed by atoms with Crippen molar-refractivity contribution >= 4 is 15.9 Å². The van der Waals surface area contributed by atoms with Crippen LogP contribution in [0.5, 0.6) is 0 Å². The van der Waals surface area contributed by atoms with E-state index in [1.54, 1.807) is 0 Å². The van der Waals surface area contributed by atoms with Crippen LogP contribution >= 0.6 is 15.9 Å². The van der Waals surface area contributed by atoms with Crippen molar-refractivity contribution in [2.24, 2.45) is 0 Å². The maximum atomic E-state index is 9.16. The van der Waals surface area contributed by atoms with Crippen LogP contribution in [0.1, 0.15) is 18.3 Å². The number of aliphatic hydroxyl groups excluding tert-OH is 1. The molecule has 0 radical (unpaired) electrons. The standard InChI is InChI=1S/C12H20BrN3O2/c1-3-16-11(12(13)9(2)14-16)7-15-4-5-18-10(6-15)8-17/h10,17H,3-8H2,1-2H3. The Hall–Kier alpha value is -0.430. The van der Waals surface area contributed by atoms with Gasteiger partial charge in [-0.2, -0.15) is 5.10 Å². The highest BCUT2D eigenvalue weighted by Crippen LogP contribution is 2.23. The molecule has 102 valence electrons. The highest BCUT2D eigenvalue weighted by atomic mass is 79.9. The molecule has 0 aromatic carbocycles. The molecule has 1 unspecified atom stereocenters. The molecule has 0 bridgehead atoms. The Labute approximate surface area is 116 Å². The fourth-order valence-corrected chi connectivity index (χ4v) is 2.68. The van der Waals surface area contributed by atoms with E-state index in [9.17, 15) is 0 Å². The molecule has 1 N–H and O–H groups in total. The summed E-state index contributed by atoms with van der Waals surface area (Å²) < 4.78 is 8.59. The van der Waals surface area contributed by atoms with Gasteiger partial charge in [0.15, 0.2) is 0 Å². The van der Waals surface area contributed by atoms with Crippen LogP contribution in [0.3, 0.4) is 0 Å². The van der Waals surface area contributed by atoms with Gasteiger partial charge in [0, 0.05) is 26.2 Å². The number of aromatic nitrogens is 2. The zero-order valence-electron chi connectivity index (χ0n) is 10.9. The van der Waals surface area contributed by atoms with Crippen molar-refractivity contribution in [3.8, 4) is 0 Å². The zero-order valence-corrected chi connectivity index (χ0v) is 12.5. The summed E-state index contributed by atoms with van der Waals surface area (Å²) in [7, 11) is 0. The summed E-state index contributed by atoms with van der Waals surface area (Å²) in [6.45, 7) is 8.26. The number of morpholine rings is 1. The second-order valence-electron chi connectivity index (χ2n) is 4.57. The zero-order chi connectivity index (χ0) is 13.1. The molecular formula is C12H20BrN3O2. The maximum absolute atomic E-state index is 9.16. The lowest BCUT2D eigenvalue weighted by Crippen LogP contribution is -2.43. The maximum Gasteiger partial charge on any atom is 0.0933 e. The first-order valence-corrected chi connectivity index (χ1v) is 7.11. The van der Waals surface area contributed by atoms with Crippen molar-refractivity contribution in [2.45, 2.75) is 33.0 Å². The Kier molecular flexibility index (Phi) is 4.77. The molecule has 0 amide bonds. The fourth-order valence-electron chi connectivity index (χ4n) is 2.27. The summed E-state index contributed by atoms with van der Waals surface area (Å²) in [4.78, 5) is 2.30. The van der Waals surface area contributed by atoms with Crippen LogP contribution in [0.4, 0.5) is 0 Å². The lowest BCUT2D eigenvalue weighted by atomic mass is 10.2. The van der Waals surface area contributed by atoms with Crippen LogP contribution in [-0.4, -0.2) is 52.2 Å². The van der Waals surface area contributed by atoms with E-state index in [1.807, 2.05) is 11.6 Å². The van der Waals surface area contributed by atoms with Crippen LogP contribution in [0.2, 0.25) is 0 Å². The minimum Gasteiger partial charge on any atom is -0.394 e. The van der Waals surface area contributed by atoms with Gasteiger partial charge in [-0.3, -0.25) is 9.58 Å². The minimum atomic E-state index is -0.0587. The number of halogens is 1. The molecule has 1 aromatic heterocycles. The first-order valence-electron chi connectivity index (χ1n) is 6.32. The van der Waals surface area contributed by atoms with Crippen LogP contribution in [0, 0.1) is 6.92 Å². The van der Waals surface area contributed by atoms with Crippen LogP contribution in [0.15, 0.2) is 4.47 Å². The summed E-state index contributed by atoms with van der Waals surface area (Å²) >= 11 is 3.61. The van der Waals surface area contributed by atoms with Gasteiger partial charge in [0.05, 0.1) is 35.2 Å². The Balaban J connectivity index is 2.08. The molecule has 5 nitrogen and oxygen atoms in total. The van der Waals surface area contributed by atoms with E-state index < -0.39 is 0 Å². The third-order valence-corrected chi connectivity index (χ3v) is 4.28. The van der Waals surface area contributed by atoms with Gasteiger partial charge in [0.2, 0.25) is 0 Å². The highest BCUT2D eigenvalue weighted by molar-refractivity contribution is 9.10. The average Bonchev–Trinajstić information content (AvgIpc) is 2.67. The van der Waals surface area contributed by atoms with Gasteiger partial charge < -0.3 is 9.84 Å². The first kappa shape index (κ1) is 14.0. The summed E-state index contributed by atoms with van der Waals surface area (Å²) in [6, 6.07) is 0. The van der Waals surface area contributed by atoms with E-state index >= 15 is 0 Å². The van der Waals surface area contributed by atoms with Gasteiger partial charge in [0.1, 0.15) is 0 Å². The van der Waals surface area contributed by atoms with Gasteiger partial charge in [-0.25, -0.2) is 0 Å². The number of rotatable bonds is 4. The normalized spacial score (nSPS) is 21.4. The molecule has 1 atom stereocenters. The number of hydrogen-bond acceptors (Lipinski definition) is 4. The van der Waals surface area contributed by atoms with Crippen molar-refractivity contribution in [3.63, 3.8) is 0 Å². The van der Waals surface area contributed by atoms with Gasteiger partial charge in [-0.1, -0.05) is 0 Å². The lowest BCUT2D eigenvalue weighted by Gasteiger charge is -2.32. The Morgan fingerprint density at radius 1 is 1.56 bits per heavy atom. The number of aryl methyl sites for hydroxylation is 2. The van der Waals surface area contributed by atoms with Gasteiger partial charge in [-0.15, -0.1) is 0 Å². The van der Waals surface area contributed by atoms with Crippen molar-refractivity contribution in [3.05, 3.63) is 15.9 Å². The molecule has 18 heavy (non-hydrogen) atoms. The molecule has 1 aliphatic rings. The van der Waals surface area contributed by atoms with Crippen molar-refractivity contribution in [1.82, 2.24) is 14.7 Å². The Morgan fingerprint density at radius 2 is 2.33 bits per heavy atom. The van der Waals surface area contributed by atoms with Crippen LogP contribution < -0.4 is 0 Å². The molecule has 0 saturated carbocycles. The molecule has 2 heterocycles. The van der Waals surface area contributed by atoms with Crippen LogP contribution in [-0.2, 0) is 17.8 Å². The fraction of sp³-hybridized carbons (Fsp3) is 0.750. The van der Waals surface area contributed by atoms with Gasteiger partial charge >= 0.3 is 0 Å². The molecule has 0 aliphatic carbocycles. The Morgan fingerprint density at radius 3 is 3.00 bits per heavy atom. The molecular weight excluding hydrogens is 298 g/mol. The second kappa shape index (κ2) is 6.14. The van der Waals surface area contributed by atoms with E-state index in [0.717, 1.165) is 36.3 Å². The van der Waals surface area contributed by atoms with E-state index in [-0.39, 0.29) is 12.7 Å². The molecule has 1 aliphatic heterocycles. The van der Waals surface area contributed by atoms with Gasteiger partial charge in [0.25, 0.3) is 0 Å². The number of ether oxygens (including phenoxy) is 1. The van der Waals surface area contributed by atoms with Crippen molar-refractivity contribution in [1.29, 1.82) is 0 Å².